The summed E-state index contributed by atoms with van der Waals surface area (Å²) >= 11 is 0. The fraction of sp³-hybridized carbons (Fsp3) is 0.571. The summed E-state index contributed by atoms with van der Waals surface area (Å²) in [5, 5.41) is 0. The molecular formula is C14H19F2N. The third-order valence-electron chi connectivity index (χ3n) is 4.35. The summed E-state index contributed by atoms with van der Waals surface area (Å²) in [6, 6.07) is 3.69. The van der Waals surface area contributed by atoms with Crippen LogP contribution in [-0.4, -0.2) is 0 Å². The minimum absolute atomic E-state index is 0.246. The Labute approximate surface area is 101 Å². The molecule has 2 rings (SSSR count). The van der Waals surface area contributed by atoms with Crippen LogP contribution in [0.5, 0.6) is 0 Å². The van der Waals surface area contributed by atoms with Gasteiger partial charge in [0.2, 0.25) is 0 Å². The van der Waals surface area contributed by atoms with Crippen LogP contribution in [0.3, 0.4) is 0 Å². The first kappa shape index (κ1) is 12.5. The molecule has 1 aromatic rings. The second-order valence-corrected chi connectivity index (χ2v) is 5.34. The monoisotopic (exact) mass is 239 g/mol. The molecule has 0 amide bonds. The molecule has 1 saturated carbocycles. The average molecular weight is 239 g/mol. The third kappa shape index (κ3) is 1.97. The smallest absolute Gasteiger partial charge is 0.131 e. The zero-order valence-corrected chi connectivity index (χ0v) is 10.4. The number of hydrogen-bond acceptors (Lipinski definition) is 1. The van der Waals surface area contributed by atoms with Gasteiger partial charge in [-0.15, -0.1) is 0 Å². The summed E-state index contributed by atoms with van der Waals surface area (Å²) in [6.07, 6.45) is 3.70. The van der Waals surface area contributed by atoms with Crippen LogP contribution < -0.4 is 5.73 Å². The molecule has 1 aliphatic carbocycles. The van der Waals surface area contributed by atoms with E-state index in [1.807, 2.05) is 0 Å². The minimum atomic E-state index is -0.607. The highest BCUT2D eigenvalue weighted by Gasteiger charge is 2.51. The average Bonchev–Trinajstić information content (AvgIpc) is 2.24. The molecule has 1 aliphatic rings. The Morgan fingerprint density at radius 3 is 2.24 bits per heavy atom. The van der Waals surface area contributed by atoms with E-state index < -0.39 is 17.2 Å². The van der Waals surface area contributed by atoms with E-state index in [0.29, 0.717) is 5.56 Å². The van der Waals surface area contributed by atoms with E-state index in [9.17, 15) is 8.78 Å². The van der Waals surface area contributed by atoms with E-state index in [1.165, 1.54) is 12.1 Å². The number of benzene rings is 1. The van der Waals surface area contributed by atoms with Crippen molar-refractivity contribution in [1.82, 2.24) is 0 Å². The Bertz CT molecular complexity index is 416. The predicted octanol–water partition coefficient (Wildman–Crippen LogP) is 3.72. The standard InChI is InChI=1S/C14H19F2N/c1-3-13(4-2)8-14(17,9-13)11-6-5-10(15)7-12(11)16/h5-7H,3-4,8-9,17H2,1-2H3. The highest BCUT2D eigenvalue weighted by Crippen LogP contribution is 2.56. The molecule has 1 nitrogen and oxygen atoms in total. The SMILES string of the molecule is CCC1(CC)CC(N)(c2ccc(F)cc2F)C1. The van der Waals surface area contributed by atoms with Crippen molar-refractivity contribution in [2.24, 2.45) is 11.1 Å². The van der Waals surface area contributed by atoms with Gasteiger partial charge in [-0.3, -0.25) is 0 Å². The van der Waals surface area contributed by atoms with E-state index in [2.05, 4.69) is 13.8 Å². The highest BCUT2D eigenvalue weighted by molar-refractivity contribution is 5.31. The van der Waals surface area contributed by atoms with Crippen LogP contribution in [0, 0.1) is 17.0 Å². The maximum Gasteiger partial charge on any atom is 0.131 e. The van der Waals surface area contributed by atoms with Gasteiger partial charge in [-0.2, -0.15) is 0 Å². The molecule has 1 aromatic carbocycles. The zero-order chi connectivity index (χ0) is 12.7. The van der Waals surface area contributed by atoms with Crippen molar-refractivity contribution in [3.05, 3.63) is 35.4 Å². The number of rotatable bonds is 3. The number of halogens is 2. The van der Waals surface area contributed by atoms with Crippen molar-refractivity contribution >= 4 is 0 Å². The second kappa shape index (κ2) is 4.05. The van der Waals surface area contributed by atoms with Gasteiger partial charge >= 0.3 is 0 Å². The van der Waals surface area contributed by atoms with Gasteiger partial charge in [-0.25, -0.2) is 8.78 Å². The molecule has 0 heterocycles. The Hall–Kier alpha value is -0.960. The minimum Gasteiger partial charge on any atom is -0.321 e. The topological polar surface area (TPSA) is 26.0 Å². The van der Waals surface area contributed by atoms with Crippen molar-refractivity contribution < 1.29 is 8.78 Å². The van der Waals surface area contributed by atoms with E-state index in [1.54, 1.807) is 0 Å². The Morgan fingerprint density at radius 1 is 1.18 bits per heavy atom. The van der Waals surface area contributed by atoms with Gasteiger partial charge in [-0.05, 0) is 24.3 Å². The van der Waals surface area contributed by atoms with E-state index in [4.69, 9.17) is 5.73 Å². The molecule has 2 N–H and O–H groups in total. The maximum atomic E-state index is 13.7. The molecule has 0 unspecified atom stereocenters. The van der Waals surface area contributed by atoms with Gasteiger partial charge in [0.25, 0.3) is 0 Å². The van der Waals surface area contributed by atoms with Gasteiger partial charge < -0.3 is 5.73 Å². The highest BCUT2D eigenvalue weighted by atomic mass is 19.1. The van der Waals surface area contributed by atoms with Gasteiger partial charge in [0.1, 0.15) is 11.6 Å². The molecule has 0 atom stereocenters. The quantitative estimate of drug-likeness (QED) is 0.854. The summed E-state index contributed by atoms with van der Waals surface area (Å²) in [6.45, 7) is 4.29. The predicted molar refractivity (Wildman–Crippen MR) is 64.5 cm³/mol. The van der Waals surface area contributed by atoms with Crippen LogP contribution in [-0.2, 0) is 5.54 Å². The normalized spacial score (nSPS) is 21.0. The van der Waals surface area contributed by atoms with Crippen molar-refractivity contribution in [2.45, 2.75) is 45.1 Å². The van der Waals surface area contributed by atoms with Crippen molar-refractivity contribution in [1.29, 1.82) is 0 Å². The molecular weight excluding hydrogens is 220 g/mol. The Morgan fingerprint density at radius 2 is 1.76 bits per heavy atom. The van der Waals surface area contributed by atoms with Crippen LogP contribution in [0.25, 0.3) is 0 Å². The van der Waals surface area contributed by atoms with Crippen LogP contribution in [0.4, 0.5) is 8.78 Å². The summed E-state index contributed by atoms with van der Waals surface area (Å²) < 4.78 is 26.6. The van der Waals surface area contributed by atoms with Gasteiger partial charge in [-0.1, -0.05) is 32.8 Å². The number of hydrogen-bond donors (Lipinski definition) is 1. The lowest BCUT2D eigenvalue weighted by Crippen LogP contribution is -2.55. The van der Waals surface area contributed by atoms with Crippen molar-refractivity contribution in [3.8, 4) is 0 Å². The molecule has 0 bridgehead atoms. The van der Waals surface area contributed by atoms with Crippen LogP contribution in [0.1, 0.15) is 45.1 Å². The Kier molecular flexibility index (Phi) is 2.98. The second-order valence-electron chi connectivity index (χ2n) is 5.34. The maximum absolute atomic E-state index is 13.7. The molecule has 0 radical (unpaired) electrons. The van der Waals surface area contributed by atoms with Gasteiger partial charge in [0, 0.05) is 17.2 Å². The fourth-order valence-corrected chi connectivity index (χ4v) is 3.12. The molecule has 3 heteroatoms. The first-order valence-corrected chi connectivity index (χ1v) is 6.19. The summed E-state index contributed by atoms with van der Waals surface area (Å²) in [5.74, 6) is -1.07. The lowest BCUT2D eigenvalue weighted by molar-refractivity contribution is 0.0144. The molecule has 0 aliphatic heterocycles. The molecule has 0 saturated heterocycles. The van der Waals surface area contributed by atoms with Crippen LogP contribution >= 0.6 is 0 Å². The molecule has 1 fully saturated rings. The lowest BCUT2D eigenvalue weighted by Gasteiger charge is -2.54. The molecule has 17 heavy (non-hydrogen) atoms. The summed E-state index contributed by atoms with van der Waals surface area (Å²) in [5.41, 5.74) is 6.33. The van der Waals surface area contributed by atoms with E-state index in [-0.39, 0.29) is 5.41 Å². The van der Waals surface area contributed by atoms with Crippen molar-refractivity contribution in [3.63, 3.8) is 0 Å². The van der Waals surface area contributed by atoms with Crippen LogP contribution in [0.15, 0.2) is 18.2 Å². The van der Waals surface area contributed by atoms with Crippen molar-refractivity contribution in [2.75, 3.05) is 0 Å². The van der Waals surface area contributed by atoms with Crippen LogP contribution in [0.2, 0.25) is 0 Å². The third-order valence-corrected chi connectivity index (χ3v) is 4.35. The zero-order valence-electron chi connectivity index (χ0n) is 10.4. The molecule has 94 valence electrons. The molecule has 0 spiro atoms. The lowest BCUT2D eigenvalue weighted by atomic mass is 9.53. The fourth-order valence-electron chi connectivity index (χ4n) is 3.12. The number of nitrogens with two attached hydrogens (primary N) is 1. The summed E-state index contributed by atoms with van der Waals surface area (Å²) in [7, 11) is 0. The summed E-state index contributed by atoms with van der Waals surface area (Å²) in [4.78, 5) is 0. The first-order chi connectivity index (χ1) is 7.95. The van der Waals surface area contributed by atoms with E-state index in [0.717, 1.165) is 31.7 Å². The van der Waals surface area contributed by atoms with E-state index >= 15 is 0 Å². The largest absolute Gasteiger partial charge is 0.321 e. The van der Waals surface area contributed by atoms with Gasteiger partial charge in [0.05, 0.1) is 0 Å². The Balaban J connectivity index is 2.25. The van der Waals surface area contributed by atoms with Gasteiger partial charge in [0.15, 0.2) is 0 Å². The first-order valence-electron chi connectivity index (χ1n) is 6.19. The molecule has 0 aromatic heterocycles.